The summed E-state index contributed by atoms with van der Waals surface area (Å²) in [5.74, 6) is 0.395. The van der Waals surface area contributed by atoms with Gasteiger partial charge < -0.3 is 43.4 Å². The fraction of sp³-hybridized carbons (Fsp3) is 0.571. The maximum atomic E-state index is 17.7. The Morgan fingerprint density at radius 3 is 2.33 bits per heavy atom. The number of methoxy groups -OCH3 is 1. The number of hydrogen-bond acceptors (Lipinski definition) is 15. The Morgan fingerprint density at radius 2 is 1.62 bits per heavy atom. The second kappa shape index (κ2) is 21.5. The molecule has 2 bridgehead atoms. The molecule has 19 heteroatoms. The van der Waals surface area contributed by atoms with E-state index in [2.05, 4.69) is 44.0 Å². The number of pyridine rings is 1. The second-order valence-electron chi connectivity index (χ2n) is 26.0. The van der Waals surface area contributed by atoms with Gasteiger partial charge in [0, 0.05) is 101 Å². The quantitative estimate of drug-likeness (QED) is 0.0782. The van der Waals surface area contributed by atoms with Gasteiger partial charge in [-0.1, -0.05) is 25.1 Å². The molecule has 4 amide bonds. The number of nitrogens with one attached hydrogen (secondary N) is 1. The van der Waals surface area contributed by atoms with E-state index in [1.807, 2.05) is 62.1 Å². The number of carbonyl (C=O) groups is 4. The van der Waals surface area contributed by atoms with E-state index in [0.29, 0.717) is 72.1 Å². The summed E-state index contributed by atoms with van der Waals surface area (Å²) in [4.78, 5) is 79.4. The van der Waals surface area contributed by atoms with Gasteiger partial charge in [-0.15, -0.1) is 0 Å². The molecule has 3 atom stereocenters. The van der Waals surface area contributed by atoms with Gasteiger partial charge in [-0.3, -0.25) is 29.6 Å². The third-order valence-electron chi connectivity index (χ3n) is 19.1. The summed E-state index contributed by atoms with van der Waals surface area (Å²) in [5.41, 5.74) is 4.44. The van der Waals surface area contributed by atoms with Crippen LogP contribution in [-0.4, -0.2) is 168 Å². The van der Waals surface area contributed by atoms with E-state index in [4.69, 9.17) is 33.9 Å². The van der Waals surface area contributed by atoms with Crippen LogP contribution in [0.3, 0.4) is 0 Å². The number of carbonyl (C=O) groups excluding carboxylic acids is 4. The predicted molar refractivity (Wildman–Crippen MR) is 308 cm³/mol. The molecule has 2 aromatic heterocycles. The fourth-order valence-corrected chi connectivity index (χ4v) is 14.6. The molecule has 82 heavy (non-hydrogen) atoms. The number of nitrogens with zero attached hydrogens (tertiary/aromatic N) is 9. The van der Waals surface area contributed by atoms with Gasteiger partial charge in [-0.2, -0.15) is 9.97 Å². The minimum absolute atomic E-state index is 0.0327. The number of aromatic nitrogens is 3. The highest BCUT2D eigenvalue weighted by Gasteiger charge is 2.50. The normalized spacial score (nSPS) is 23.6. The first-order chi connectivity index (χ1) is 39.5. The number of anilines is 2. The van der Waals surface area contributed by atoms with Gasteiger partial charge in [0.05, 0.1) is 24.1 Å². The number of ether oxygens (including phenoxy) is 4. The molecule has 1 N–H and O–H groups in total. The van der Waals surface area contributed by atoms with Crippen molar-refractivity contribution in [3.8, 4) is 23.0 Å². The molecule has 5 aromatic rings. The molecular formula is C63H77FN10O8. The first kappa shape index (κ1) is 54.5. The van der Waals surface area contributed by atoms with Crippen LogP contribution in [0.15, 0.2) is 54.7 Å². The summed E-state index contributed by atoms with van der Waals surface area (Å²) < 4.78 is 41.5. The van der Waals surface area contributed by atoms with Crippen molar-refractivity contribution >= 4 is 57.0 Å². The Bertz CT molecular complexity index is 3310. The van der Waals surface area contributed by atoms with Crippen molar-refractivity contribution < 1.29 is 42.5 Å². The number of likely N-dealkylation sites (tertiary alicyclic amines) is 2. The van der Waals surface area contributed by atoms with Crippen LogP contribution in [0.4, 0.5) is 20.7 Å². The number of piperazine rings is 1. The summed E-state index contributed by atoms with van der Waals surface area (Å²) >= 11 is 0. The monoisotopic (exact) mass is 1120 g/mol. The molecule has 9 heterocycles. The number of rotatable bonds is 15. The fourth-order valence-electron chi connectivity index (χ4n) is 14.6. The Kier molecular flexibility index (Phi) is 14.3. The van der Waals surface area contributed by atoms with Crippen molar-refractivity contribution in [2.45, 2.75) is 129 Å². The van der Waals surface area contributed by atoms with Gasteiger partial charge in [-0.25, -0.2) is 9.18 Å². The third-order valence-corrected chi connectivity index (χ3v) is 19.1. The van der Waals surface area contributed by atoms with E-state index in [-0.39, 0.29) is 71.7 Å². The van der Waals surface area contributed by atoms with Crippen LogP contribution in [0.1, 0.15) is 113 Å². The van der Waals surface area contributed by atoms with E-state index in [1.54, 1.807) is 18.2 Å². The highest BCUT2D eigenvalue weighted by atomic mass is 19.1. The maximum absolute atomic E-state index is 17.7. The Morgan fingerprint density at radius 1 is 0.854 bits per heavy atom. The third kappa shape index (κ3) is 10.6. The lowest BCUT2D eigenvalue weighted by Crippen LogP contribution is -2.61. The number of amides is 4. The molecular weight excluding hydrogens is 1040 g/mol. The zero-order chi connectivity index (χ0) is 56.7. The van der Waals surface area contributed by atoms with Gasteiger partial charge in [0.2, 0.25) is 11.8 Å². The van der Waals surface area contributed by atoms with E-state index < -0.39 is 17.5 Å². The lowest BCUT2D eigenvalue weighted by Gasteiger charge is -2.55. The Balaban J connectivity index is 0.652. The molecule has 0 radical (unpaired) electrons. The van der Waals surface area contributed by atoms with E-state index in [0.717, 1.165) is 125 Å². The summed E-state index contributed by atoms with van der Waals surface area (Å²) in [5, 5.41) is 4.70. The minimum Gasteiger partial charge on any atom is -0.468 e. The largest absolute Gasteiger partial charge is 0.468 e. The lowest BCUT2D eigenvalue weighted by atomic mass is 9.71. The molecule has 13 rings (SSSR count). The van der Waals surface area contributed by atoms with Crippen LogP contribution in [-0.2, 0) is 32.0 Å². The molecule has 1 saturated carbocycles. The first-order valence-corrected chi connectivity index (χ1v) is 29.9. The molecule has 18 nitrogen and oxygen atoms in total. The minimum atomic E-state index is -0.619. The topological polar surface area (TPSA) is 175 Å². The zero-order valence-corrected chi connectivity index (χ0v) is 48.1. The second-order valence-corrected chi connectivity index (χ2v) is 26.0. The van der Waals surface area contributed by atoms with Crippen LogP contribution in [0.25, 0.3) is 32.9 Å². The number of hydrogen-bond donors (Lipinski definition) is 1. The summed E-state index contributed by atoms with van der Waals surface area (Å²) in [6.07, 6.45) is 11.1. The van der Waals surface area contributed by atoms with Gasteiger partial charge in [0.1, 0.15) is 34.4 Å². The molecule has 3 aromatic carbocycles. The highest BCUT2D eigenvalue weighted by molar-refractivity contribution is 6.06. The smallest absolute Gasteiger partial charge is 0.410 e. The molecule has 7 fully saturated rings. The van der Waals surface area contributed by atoms with Gasteiger partial charge in [-0.05, 0) is 162 Å². The molecule has 6 saturated heterocycles. The first-order valence-electron chi connectivity index (χ1n) is 29.9. The summed E-state index contributed by atoms with van der Waals surface area (Å²) in [6, 6.07) is 15.3. The van der Waals surface area contributed by atoms with Crippen LogP contribution in [0.5, 0.6) is 11.8 Å². The molecule has 7 aliphatic heterocycles. The van der Waals surface area contributed by atoms with Crippen molar-refractivity contribution in [2.75, 3.05) is 95.8 Å². The van der Waals surface area contributed by atoms with Crippen LogP contribution < -0.4 is 24.6 Å². The van der Waals surface area contributed by atoms with Gasteiger partial charge in [0.15, 0.2) is 12.6 Å². The van der Waals surface area contributed by atoms with E-state index >= 15 is 4.39 Å². The zero-order valence-electron chi connectivity index (χ0n) is 48.1. The molecule has 1 aliphatic carbocycles. The molecule has 1 spiro atoms. The van der Waals surface area contributed by atoms with Crippen molar-refractivity contribution in [3.05, 3.63) is 77.2 Å². The highest BCUT2D eigenvalue weighted by Crippen LogP contribution is 2.49. The lowest BCUT2D eigenvalue weighted by molar-refractivity contribution is -0.136. The maximum Gasteiger partial charge on any atom is 0.410 e. The number of benzene rings is 3. The van der Waals surface area contributed by atoms with Crippen molar-refractivity contribution in [2.24, 2.45) is 16.7 Å². The van der Waals surface area contributed by atoms with Crippen molar-refractivity contribution in [3.63, 3.8) is 0 Å². The Labute approximate surface area is 478 Å². The summed E-state index contributed by atoms with van der Waals surface area (Å²) in [7, 11) is 1.57. The van der Waals surface area contributed by atoms with Crippen LogP contribution in [0, 0.1) is 22.6 Å². The number of halogens is 1. The van der Waals surface area contributed by atoms with Crippen LogP contribution in [0.2, 0.25) is 0 Å². The number of aryl methyl sites for hydroxylation is 1. The Hall–Kier alpha value is -6.70. The van der Waals surface area contributed by atoms with E-state index in [1.165, 1.54) is 12.8 Å². The van der Waals surface area contributed by atoms with Gasteiger partial charge >= 0.3 is 12.1 Å². The standard InChI is InChI=1S/C63H77FN10O8/c1-6-40-8-7-9-41-27-46(81-38-79-5)28-48(52(40)41)54-53(64)55-49(29-65-54)56(72-32-44-10-11-45(33-72)74(44)60(78)82-61(2,3)4)68-59(67-55)80-37-63(18-19-63)36-69-24-20-62(21-25-69)34-70(35-62)30-39-16-22-71(23-17-39)43-12-13-47-42(26-43)31-73(58(47)77)50-14-15-51(75)66-57(50)76/h7-9,12-13,26-29,39,44-45,50H,6,10-11,14-25,30-38H2,1-5H3,(H,66,75,76). The van der Waals surface area contributed by atoms with Gasteiger partial charge in [0.25, 0.3) is 5.91 Å². The molecule has 8 aliphatic rings. The van der Waals surface area contributed by atoms with Crippen LogP contribution >= 0.6 is 0 Å². The molecule has 434 valence electrons. The van der Waals surface area contributed by atoms with E-state index in [9.17, 15) is 19.2 Å². The average molecular weight is 1120 g/mol. The average Bonchev–Trinajstić information content (AvgIpc) is 4.11. The summed E-state index contributed by atoms with van der Waals surface area (Å²) in [6.45, 7) is 18.1. The van der Waals surface area contributed by atoms with Crippen molar-refractivity contribution in [1.29, 1.82) is 0 Å². The SMILES string of the molecule is CCc1cccc2cc(OCOC)cc(-c3ncc4c(N5CC6CCC(C5)N6C(=O)OC(C)(C)C)nc(OCC5(CN6CCC7(CC6)CN(CC6CCN(c8ccc9c(c8)CN(C8CCC(=O)NC8=O)C9=O)CC6)C7)CC5)nc4c3F)c12. The van der Waals surface area contributed by atoms with Crippen molar-refractivity contribution in [1.82, 2.24) is 39.9 Å². The number of fused-ring (bicyclic) bond motifs is 5. The molecule has 3 unspecified atom stereocenters. The predicted octanol–water partition coefficient (Wildman–Crippen LogP) is 8.35. The number of imide groups is 1. The number of piperidine rings is 3.